The first-order chi connectivity index (χ1) is 13.3. The van der Waals surface area contributed by atoms with Crippen LogP contribution in [0.4, 0.5) is 10.5 Å². The molecule has 7 nitrogen and oxygen atoms in total. The molecule has 4 rings (SSSR count). The molecule has 2 unspecified atom stereocenters. The van der Waals surface area contributed by atoms with E-state index in [1.165, 1.54) is 6.26 Å². The molecule has 3 heterocycles. The predicted molar refractivity (Wildman–Crippen MR) is 100 cm³/mol. The quantitative estimate of drug-likeness (QED) is 0.735. The molecule has 2 aromatic heterocycles. The molecule has 3 aromatic rings. The topological polar surface area (TPSA) is 89.3 Å². The lowest BCUT2D eigenvalue weighted by Gasteiger charge is -2.30. The van der Waals surface area contributed by atoms with Crippen LogP contribution in [-0.4, -0.2) is 28.6 Å². The lowest BCUT2D eigenvalue weighted by molar-refractivity contribution is 0.00235. The summed E-state index contributed by atoms with van der Waals surface area (Å²) in [7, 11) is 0. The lowest BCUT2D eigenvalue weighted by Crippen LogP contribution is -2.42. The van der Waals surface area contributed by atoms with Gasteiger partial charge >= 0.3 is 6.03 Å². The van der Waals surface area contributed by atoms with Crippen LogP contribution in [0.1, 0.15) is 24.5 Å². The van der Waals surface area contributed by atoms with Crippen molar-refractivity contribution < 1.29 is 13.9 Å². The Hall–Kier alpha value is -3.19. The number of urea groups is 1. The maximum absolute atomic E-state index is 12.3. The Bertz CT molecular complexity index is 866. The second kappa shape index (κ2) is 8.01. The number of benzene rings is 1. The van der Waals surface area contributed by atoms with E-state index in [0.717, 1.165) is 24.0 Å². The SMILES string of the molecule is O=C(Nc1ccc(-c2ncco2)cc1)NC1CCOC(c2cccnc2)C1. The van der Waals surface area contributed by atoms with Gasteiger partial charge in [-0.1, -0.05) is 6.07 Å². The van der Waals surface area contributed by atoms with Crippen LogP contribution in [0.2, 0.25) is 0 Å². The molecule has 0 spiro atoms. The Morgan fingerprint density at radius 3 is 2.78 bits per heavy atom. The van der Waals surface area contributed by atoms with Gasteiger partial charge in [-0.3, -0.25) is 4.98 Å². The van der Waals surface area contributed by atoms with E-state index in [2.05, 4.69) is 20.6 Å². The Balaban J connectivity index is 1.32. The molecule has 0 aliphatic carbocycles. The lowest BCUT2D eigenvalue weighted by atomic mass is 9.99. The first-order valence-corrected chi connectivity index (χ1v) is 8.87. The van der Waals surface area contributed by atoms with Crippen LogP contribution >= 0.6 is 0 Å². The summed E-state index contributed by atoms with van der Waals surface area (Å²) in [6.45, 7) is 0.606. The zero-order valence-corrected chi connectivity index (χ0v) is 14.7. The van der Waals surface area contributed by atoms with E-state index in [4.69, 9.17) is 9.15 Å². The minimum absolute atomic E-state index is 0.0437. The second-order valence-electron chi connectivity index (χ2n) is 6.38. The highest BCUT2D eigenvalue weighted by Gasteiger charge is 2.25. The van der Waals surface area contributed by atoms with E-state index in [1.807, 2.05) is 42.6 Å². The van der Waals surface area contributed by atoms with Crippen molar-refractivity contribution in [2.24, 2.45) is 0 Å². The van der Waals surface area contributed by atoms with Gasteiger partial charge in [0.1, 0.15) is 6.26 Å². The number of pyridine rings is 1. The largest absolute Gasteiger partial charge is 0.445 e. The number of nitrogens with zero attached hydrogens (tertiary/aromatic N) is 2. The van der Waals surface area contributed by atoms with Gasteiger partial charge in [-0.05, 0) is 48.7 Å². The first-order valence-electron chi connectivity index (χ1n) is 8.87. The van der Waals surface area contributed by atoms with Crippen LogP contribution in [0.3, 0.4) is 0 Å². The number of rotatable bonds is 4. The van der Waals surface area contributed by atoms with Gasteiger partial charge in [0.25, 0.3) is 0 Å². The van der Waals surface area contributed by atoms with Crippen LogP contribution in [0.25, 0.3) is 11.5 Å². The van der Waals surface area contributed by atoms with E-state index in [9.17, 15) is 4.79 Å². The van der Waals surface area contributed by atoms with Gasteiger partial charge in [0, 0.05) is 36.3 Å². The van der Waals surface area contributed by atoms with E-state index in [-0.39, 0.29) is 18.2 Å². The molecule has 27 heavy (non-hydrogen) atoms. The van der Waals surface area contributed by atoms with Gasteiger partial charge in [-0.2, -0.15) is 0 Å². The number of amides is 2. The molecule has 1 saturated heterocycles. The monoisotopic (exact) mass is 364 g/mol. The Kier molecular flexibility index (Phi) is 5.11. The van der Waals surface area contributed by atoms with Crippen LogP contribution < -0.4 is 10.6 Å². The van der Waals surface area contributed by atoms with Crippen molar-refractivity contribution in [3.63, 3.8) is 0 Å². The van der Waals surface area contributed by atoms with Gasteiger partial charge in [-0.25, -0.2) is 9.78 Å². The molecular formula is C20H20N4O3. The molecule has 1 fully saturated rings. The van der Waals surface area contributed by atoms with Crippen molar-refractivity contribution in [3.8, 4) is 11.5 Å². The number of nitrogens with one attached hydrogen (secondary N) is 2. The summed E-state index contributed by atoms with van der Waals surface area (Å²) < 4.78 is 11.1. The molecule has 2 amide bonds. The molecule has 1 aliphatic heterocycles. The fraction of sp³-hybridized carbons (Fsp3) is 0.250. The van der Waals surface area contributed by atoms with Crippen molar-refractivity contribution in [2.75, 3.05) is 11.9 Å². The minimum atomic E-state index is -0.226. The van der Waals surface area contributed by atoms with Gasteiger partial charge in [0.2, 0.25) is 5.89 Å². The number of anilines is 1. The molecule has 1 aromatic carbocycles. The number of ether oxygens (including phenoxy) is 1. The molecule has 7 heteroatoms. The van der Waals surface area contributed by atoms with Crippen LogP contribution in [-0.2, 0) is 4.74 Å². The summed E-state index contributed by atoms with van der Waals surface area (Å²) in [5, 5.41) is 5.89. The zero-order chi connectivity index (χ0) is 18.5. The number of hydrogen-bond donors (Lipinski definition) is 2. The minimum Gasteiger partial charge on any atom is -0.445 e. The fourth-order valence-corrected chi connectivity index (χ4v) is 3.14. The van der Waals surface area contributed by atoms with E-state index >= 15 is 0 Å². The summed E-state index contributed by atoms with van der Waals surface area (Å²) >= 11 is 0. The highest BCUT2D eigenvalue weighted by atomic mass is 16.5. The van der Waals surface area contributed by atoms with Gasteiger partial charge in [0.15, 0.2) is 0 Å². The smallest absolute Gasteiger partial charge is 0.319 e. The van der Waals surface area contributed by atoms with Crippen LogP contribution in [0.5, 0.6) is 0 Å². The molecule has 1 aliphatic rings. The Morgan fingerprint density at radius 1 is 1.15 bits per heavy atom. The fourth-order valence-electron chi connectivity index (χ4n) is 3.14. The third-order valence-electron chi connectivity index (χ3n) is 4.50. The normalized spacial score (nSPS) is 19.4. The van der Waals surface area contributed by atoms with Crippen LogP contribution in [0, 0.1) is 0 Å². The maximum Gasteiger partial charge on any atom is 0.319 e. The summed E-state index contributed by atoms with van der Waals surface area (Å²) in [6, 6.07) is 11.1. The van der Waals surface area contributed by atoms with E-state index in [1.54, 1.807) is 12.4 Å². The predicted octanol–water partition coefficient (Wildman–Crippen LogP) is 3.78. The molecule has 2 atom stereocenters. The molecule has 0 bridgehead atoms. The average molecular weight is 364 g/mol. The molecular weight excluding hydrogens is 344 g/mol. The average Bonchev–Trinajstić information content (AvgIpc) is 3.24. The summed E-state index contributed by atoms with van der Waals surface area (Å²) in [4.78, 5) is 20.6. The number of aromatic nitrogens is 2. The number of carbonyl (C=O) groups excluding carboxylic acids is 1. The van der Waals surface area contributed by atoms with Crippen molar-refractivity contribution in [2.45, 2.75) is 25.0 Å². The first kappa shape index (κ1) is 17.2. The standard InChI is InChI=1S/C20H20N4O3/c25-20(23-16-5-3-14(4-6-16)19-22-9-11-27-19)24-17-7-10-26-18(12-17)15-2-1-8-21-13-15/h1-6,8-9,11,13,17-18H,7,10,12H2,(H2,23,24,25). The number of hydrogen-bond acceptors (Lipinski definition) is 5. The third kappa shape index (κ3) is 4.32. The van der Waals surface area contributed by atoms with Crippen molar-refractivity contribution in [1.29, 1.82) is 0 Å². The maximum atomic E-state index is 12.3. The van der Waals surface area contributed by atoms with Crippen molar-refractivity contribution in [1.82, 2.24) is 15.3 Å². The second-order valence-corrected chi connectivity index (χ2v) is 6.38. The molecule has 0 saturated carbocycles. The number of oxazole rings is 1. The molecule has 138 valence electrons. The third-order valence-corrected chi connectivity index (χ3v) is 4.50. The van der Waals surface area contributed by atoms with Crippen LogP contribution in [0.15, 0.2) is 65.7 Å². The van der Waals surface area contributed by atoms with Gasteiger partial charge in [-0.15, -0.1) is 0 Å². The van der Waals surface area contributed by atoms with Crippen molar-refractivity contribution >= 4 is 11.7 Å². The van der Waals surface area contributed by atoms with E-state index in [0.29, 0.717) is 18.2 Å². The number of carbonyl (C=O) groups is 1. The zero-order valence-electron chi connectivity index (χ0n) is 14.7. The van der Waals surface area contributed by atoms with Gasteiger partial charge < -0.3 is 19.8 Å². The summed E-state index contributed by atoms with van der Waals surface area (Å²) in [6.07, 6.45) is 8.14. The highest BCUT2D eigenvalue weighted by Crippen LogP contribution is 2.27. The van der Waals surface area contributed by atoms with E-state index < -0.39 is 0 Å². The Morgan fingerprint density at radius 2 is 2.04 bits per heavy atom. The van der Waals surface area contributed by atoms with Gasteiger partial charge in [0.05, 0.1) is 12.3 Å². The Labute approximate surface area is 156 Å². The molecule has 0 radical (unpaired) electrons. The summed E-state index contributed by atoms with van der Waals surface area (Å²) in [5.74, 6) is 0.551. The highest BCUT2D eigenvalue weighted by molar-refractivity contribution is 5.89. The summed E-state index contributed by atoms with van der Waals surface area (Å²) in [5.41, 5.74) is 2.60. The van der Waals surface area contributed by atoms with Crippen molar-refractivity contribution in [3.05, 3.63) is 66.8 Å². The molecule has 2 N–H and O–H groups in total.